The number of rotatable bonds is 4. The highest BCUT2D eigenvalue weighted by molar-refractivity contribution is 6.14. The first-order valence-electron chi connectivity index (χ1n) is 9.88. The largest absolute Gasteiger partial charge is 0.369 e. The van der Waals surface area contributed by atoms with Gasteiger partial charge in [0.05, 0.1) is 6.67 Å². The number of hydrogen-bond donors (Lipinski definition) is 0. The average molecular weight is 396 g/mol. The fraction of sp³-hybridized carbons (Fsp3) is 0.364. The van der Waals surface area contributed by atoms with Crippen molar-refractivity contribution in [1.29, 1.82) is 0 Å². The zero-order chi connectivity index (χ0) is 20.5. The lowest BCUT2D eigenvalue weighted by atomic mass is 10.2. The molecule has 2 aromatic rings. The summed E-state index contributed by atoms with van der Waals surface area (Å²) >= 11 is 0. The molecule has 2 aliphatic heterocycles. The molecule has 2 saturated heterocycles. The molecule has 2 aliphatic rings. The number of aryl methyl sites for hydroxylation is 1. The van der Waals surface area contributed by atoms with Gasteiger partial charge in [0.25, 0.3) is 5.91 Å². The molecule has 0 saturated carbocycles. The van der Waals surface area contributed by atoms with Crippen LogP contribution < -0.4 is 9.80 Å². The summed E-state index contributed by atoms with van der Waals surface area (Å²) in [6, 6.07) is 13.3. The average Bonchev–Trinajstić information content (AvgIpc) is 2.93. The van der Waals surface area contributed by atoms with Gasteiger partial charge in [0, 0.05) is 37.6 Å². The van der Waals surface area contributed by atoms with Crippen LogP contribution in [0.5, 0.6) is 0 Å². The Kier molecular flexibility index (Phi) is 5.24. The Bertz CT molecular complexity index is 892. The summed E-state index contributed by atoms with van der Waals surface area (Å²) < 4.78 is 13.1. The van der Waals surface area contributed by atoms with Gasteiger partial charge >= 0.3 is 6.03 Å². The molecule has 0 bridgehead atoms. The van der Waals surface area contributed by atoms with Crippen molar-refractivity contribution in [2.24, 2.45) is 0 Å². The first kappa shape index (κ1) is 19.4. The maximum Gasteiger partial charge on any atom is 0.333 e. The number of carbonyl (C=O) groups excluding carboxylic acids is 2. The fourth-order valence-electron chi connectivity index (χ4n) is 3.89. The normalized spacial score (nSPS) is 20.7. The van der Waals surface area contributed by atoms with Gasteiger partial charge in [-0.1, -0.05) is 17.7 Å². The number of anilines is 2. The summed E-state index contributed by atoms with van der Waals surface area (Å²) in [7, 11) is 0. The summed E-state index contributed by atoms with van der Waals surface area (Å²) in [5.74, 6) is -0.415. The van der Waals surface area contributed by atoms with Crippen LogP contribution in [0.3, 0.4) is 0 Å². The lowest BCUT2D eigenvalue weighted by molar-refractivity contribution is -0.128. The van der Waals surface area contributed by atoms with Crippen molar-refractivity contribution < 1.29 is 14.0 Å². The van der Waals surface area contributed by atoms with Crippen molar-refractivity contribution in [3.63, 3.8) is 0 Å². The second kappa shape index (κ2) is 7.83. The quantitative estimate of drug-likeness (QED) is 0.746. The molecule has 0 unspecified atom stereocenters. The molecule has 1 atom stereocenters. The highest BCUT2D eigenvalue weighted by atomic mass is 19.1. The van der Waals surface area contributed by atoms with Crippen LogP contribution in [0.15, 0.2) is 48.5 Å². The third-order valence-electron chi connectivity index (χ3n) is 5.67. The zero-order valence-corrected chi connectivity index (χ0v) is 16.7. The van der Waals surface area contributed by atoms with E-state index in [0.29, 0.717) is 6.67 Å². The van der Waals surface area contributed by atoms with E-state index in [1.54, 1.807) is 24.0 Å². The van der Waals surface area contributed by atoms with E-state index in [0.717, 1.165) is 43.1 Å². The van der Waals surface area contributed by atoms with E-state index in [9.17, 15) is 14.0 Å². The van der Waals surface area contributed by atoms with E-state index in [-0.39, 0.29) is 17.8 Å². The van der Waals surface area contributed by atoms with Crippen LogP contribution in [0.2, 0.25) is 0 Å². The molecule has 6 nitrogen and oxygen atoms in total. The summed E-state index contributed by atoms with van der Waals surface area (Å²) in [5.41, 5.74) is 2.83. The molecule has 3 amide bonds. The van der Waals surface area contributed by atoms with Gasteiger partial charge in [-0.15, -0.1) is 0 Å². The molecule has 7 heteroatoms. The molecule has 4 rings (SSSR count). The molecular weight excluding hydrogens is 371 g/mol. The Hall–Kier alpha value is -2.93. The second-order valence-electron chi connectivity index (χ2n) is 7.65. The van der Waals surface area contributed by atoms with Gasteiger partial charge in [0.15, 0.2) is 0 Å². The molecule has 152 valence electrons. The van der Waals surface area contributed by atoms with Gasteiger partial charge in [0.2, 0.25) is 0 Å². The van der Waals surface area contributed by atoms with E-state index in [1.165, 1.54) is 17.0 Å². The number of imide groups is 1. The summed E-state index contributed by atoms with van der Waals surface area (Å²) in [4.78, 5) is 32.9. The third kappa shape index (κ3) is 3.82. The van der Waals surface area contributed by atoms with Crippen molar-refractivity contribution in [2.45, 2.75) is 19.9 Å². The second-order valence-corrected chi connectivity index (χ2v) is 7.65. The minimum atomic E-state index is -0.509. The number of urea groups is 1. The smallest absolute Gasteiger partial charge is 0.333 e. The van der Waals surface area contributed by atoms with Crippen molar-refractivity contribution >= 4 is 23.3 Å². The van der Waals surface area contributed by atoms with Gasteiger partial charge in [-0.3, -0.25) is 14.6 Å². The first-order valence-corrected chi connectivity index (χ1v) is 9.88. The molecule has 0 aromatic heterocycles. The zero-order valence-electron chi connectivity index (χ0n) is 16.7. The lowest BCUT2D eigenvalue weighted by Gasteiger charge is -2.37. The molecule has 0 radical (unpaired) electrons. The van der Waals surface area contributed by atoms with E-state index in [1.807, 2.05) is 31.2 Å². The Morgan fingerprint density at radius 2 is 1.48 bits per heavy atom. The van der Waals surface area contributed by atoms with Crippen LogP contribution in [-0.2, 0) is 4.79 Å². The first-order chi connectivity index (χ1) is 13.9. The summed E-state index contributed by atoms with van der Waals surface area (Å²) in [6.07, 6.45) is 0. The minimum Gasteiger partial charge on any atom is -0.369 e. The highest BCUT2D eigenvalue weighted by Crippen LogP contribution is 2.26. The number of carbonyl (C=O) groups is 2. The monoisotopic (exact) mass is 396 g/mol. The van der Waals surface area contributed by atoms with Crippen LogP contribution in [0.1, 0.15) is 12.5 Å². The van der Waals surface area contributed by atoms with Gasteiger partial charge in [-0.05, 0) is 50.2 Å². The summed E-state index contributed by atoms with van der Waals surface area (Å²) in [6.45, 7) is 7.04. The summed E-state index contributed by atoms with van der Waals surface area (Å²) in [5, 5.41) is 0. The predicted molar refractivity (Wildman–Crippen MR) is 110 cm³/mol. The number of nitrogens with zero attached hydrogens (tertiary/aromatic N) is 4. The molecule has 2 heterocycles. The third-order valence-corrected chi connectivity index (χ3v) is 5.67. The van der Waals surface area contributed by atoms with Crippen molar-refractivity contribution in [1.82, 2.24) is 9.80 Å². The van der Waals surface area contributed by atoms with Gasteiger partial charge in [-0.2, -0.15) is 0 Å². The minimum absolute atomic E-state index is 0.170. The molecule has 0 aliphatic carbocycles. The van der Waals surface area contributed by atoms with E-state index in [2.05, 4.69) is 9.80 Å². The van der Waals surface area contributed by atoms with E-state index in [4.69, 9.17) is 0 Å². The Balaban J connectivity index is 1.39. The molecule has 0 N–H and O–H groups in total. The van der Waals surface area contributed by atoms with Crippen LogP contribution in [0.4, 0.5) is 20.6 Å². The Morgan fingerprint density at radius 3 is 2.10 bits per heavy atom. The molecule has 2 aromatic carbocycles. The predicted octanol–water partition coefficient (Wildman–Crippen LogP) is 3.07. The molecule has 0 spiro atoms. The standard InChI is InChI=1S/C22H25FN4O2/c1-16-3-7-20(8-4-16)27-17(2)21(28)26(22(27)29)15-24-11-13-25(14-12-24)19-9-5-18(23)6-10-19/h3-10,17H,11-15H2,1-2H3/t17-/m0/s1. The number of amides is 3. The molecular formula is C22H25FN4O2. The van der Waals surface area contributed by atoms with Gasteiger partial charge in [0.1, 0.15) is 11.9 Å². The number of hydrogen-bond acceptors (Lipinski definition) is 4. The number of piperazine rings is 1. The van der Waals surface area contributed by atoms with Crippen molar-refractivity contribution in [3.05, 3.63) is 59.9 Å². The molecule has 2 fully saturated rings. The SMILES string of the molecule is Cc1ccc(N2C(=O)N(CN3CCN(c4ccc(F)cc4)CC3)C(=O)[C@@H]2C)cc1. The van der Waals surface area contributed by atoms with E-state index < -0.39 is 6.04 Å². The lowest BCUT2D eigenvalue weighted by Crippen LogP contribution is -2.51. The van der Waals surface area contributed by atoms with E-state index >= 15 is 0 Å². The fourth-order valence-corrected chi connectivity index (χ4v) is 3.89. The van der Waals surface area contributed by atoms with Crippen LogP contribution in [0, 0.1) is 12.7 Å². The highest BCUT2D eigenvalue weighted by Gasteiger charge is 2.44. The van der Waals surface area contributed by atoms with Crippen molar-refractivity contribution in [2.75, 3.05) is 42.6 Å². The van der Waals surface area contributed by atoms with Crippen LogP contribution >= 0.6 is 0 Å². The topological polar surface area (TPSA) is 47.1 Å². The van der Waals surface area contributed by atoms with Gasteiger partial charge in [-0.25, -0.2) is 14.1 Å². The van der Waals surface area contributed by atoms with Crippen LogP contribution in [0.25, 0.3) is 0 Å². The number of halogens is 1. The number of benzene rings is 2. The maximum atomic E-state index is 13.1. The Labute approximate surface area is 170 Å². The maximum absolute atomic E-state index is 13.1. The Morgan fingerprint density at radius 1 is 0.897 bits per heavy atom. The van der Waals surface area contributed by atoms with Crippen LogP contribution in [-0.4, -0.2) is 60.6 Å². The van der Waals surface area contributed by atoms with Crippen molar-refractivity contribution in [3.8, 4) is 0 Å². The molecule has 29 heavy (non-hydrogen) atoms. The van der Waals surface area contributed by atoms with Gasteiger partial charge < -0.3 is 4.90 Å².